The molecule has 0 unspecified atom stereocenters. The largest absolute Gasteiger partial charge is 0.304 e. The van der Waals surface area contributed by atoms with E-state index in [9.17, 15) is 4.79 Å². The number of amides is 1. The molecule has 0 spiro atoms. The highest BCUT2D eigenvalue weighted by Crippen LogP contribution is 1.92. The molecule has 1 amide bonds. The van der Waals surface area contributed by atoms with Gasteiger partial charge in [0.1, 0.15) is 6.04 Å². The summed E-state index contributed by atoms with van der Waals surface area (Å²) < 4.78 is 0. The molecule has 9 heavy (non-hydrogen) atoms. The Morgan fingerprint density at radius 1 is 2.00 bits per heavy atom. The number of carbonyl (C=O) groups is 1. The lowest BCUT2D eigenvalue weighted by atomic mass is 10.3. The standard InChI is InChI=1S/C5H10N2O2/c1-2-6-4-3-9-7-5(4)8/h4,6H,2-3H2,1H3,(H,7,8)/t4-/m1/s1. The van der Waals surface area contributed by atoms with Crippen molar-refractivity contribution in [2.75, 3.05) is 13.2 Å². The van der Waals surface area contributed by atoms with Gasteiger partial charge in [0, 0.05) is 0 Å². The summed E-state index contributed by atoms with van der Waals surface area (Å²) in [6, 6.07) is -0.144. The minimum atomic E-state index is -0.144. The summed E-state index contributed by atoms with van der Waals surface area (Å²) in [4.78, 5) is 15.3. The van der Waals surface area contributed by atoms with Gasteiger partial charge in [0.05, 0.1) is 6.61 Å². The average Bonchev–Trinajstić information content (AvgIpc) is 2.18. The van der Waals surface area contributed by atoms with E-state index in [0.29, 0.717) is 6.61 Å². The van der Waals surface area contributed by atoms with E-state index in [1.165, 1.54) is 0 Å². The normalized spacial score (nSPS) is 26.3. The van der Waals surface area contributed by atoms with Crippen LogP contribution in [0, 0.1) is 0 Å². The van der Waals surface area contributed by atoms with Crippen molar-refractivity contribution in [3.8, 4) is 0 Å². The SMILES string of the molecule is CCN[C@@H]1CONC1=O. The van der Waals surface area contributed by atoms with Crippen molar-refractivity contribution in [3.05, 3.63) is 0 Å². The molecule has 1 atom stereocenters. The van der Waals surface area contributed by atoms with Crippen LogP contribution in [0.2, 0.25) is 0 Å². The minimum Gasteiger partial charge on any atom is -0.304 e. The van der Waals surface area contributed by atoms with Crippen molar-refractivity contribution in [1.82, 2.24) is 10.8 Å². The number of carbonyl (C=O) groups excluding carboxylic acids is 1. The third-order valence-corrected chi connectivity index (χ3v) is 1.19. The summed E-state index contributed by atoms with van der Waals surface area (Å²) >= 11 is 0. The lowest BCUT2D eigenvalue weighted by Crippen LogP contribution is -2.37. The molecule has 1 aliphatic heterocycles. The van der Waals surface area contributed by atoms with Gasteiger partial charge in [-0.15, -0.1) is 0 Å². The number of rotatable bonds is 2. The van der Waals surface area contributed by atoms with Crippen molar-refractivity contribution in [2.45, 2.75) is 13.0 Å². The van der Waals surface area contributed by atoms with Crippen LogP contribution in [0.3, 0.4) is 0 Å². The summed E-state index contributed by atoms with van der Waals surface area (Å²) in [6.45, 7) is 3.18. The fraction of sp³-hybridized carbons (Fsp3) is 0.800. The van der Waals surface area contributed by atoms with Gasteiger partial charge in [0.15, 0.2) is 0 Å². The Labute approximate surface area is 53.5 Å². The fourth-order valence-corrected chi connectivity index (χ4v) is 0.741. The Morgan fingerprint density at radius 2 is 2.78 bits per heavy atom. The summed E-state index contributed by atoms with van der Waals surface area (Å²) in [5, 5.41) is 2.96. The van der Waals surface area contributed by atoms with Gasteiger partial charge in [0.2, 0.25) is 0 Å². The molecule has 0 radical (unpaired) electrons. The highest BCUT2D eigenvalue weighted by Gasteiger charge is 2.23. The Kier molecular flexibility index (Phi) is 2.02. The third kappa shape index (κ3) is 1.40. The van der Waals surface area contributed by atoms with Gasteiger partial charge in [-0.2, -0.15) is 0 Å². The van der Waals surface area contributed by atoms with E-state index >= 15 is 0 Å². The Balaban J connectivity index is 2.31. The van der Waals surface area contributed by atoms with Crippen LogP contribution in [0.4, 0.5) is 0 Å². The third-order valence-electron chi connectivity index (χ3n) is 1.19. The summed E-state index contributed by atoms with van der Waals surface area (Å²) in [6.07, 6.45) is 0. The van der Waals surface area contributed by atoms with E-state index in [0.717, 1.165) is 6.54 Å². The van der Waals surface area contributed by atoms with E-state index in [2.05, 4.69) is 15.6 Å². The monoisotopic (exact) mass is 130 g/mol. The van der Waals surface area contributed by atoms with Gasteiger partial charge in [-0.3, -0.25) is 9.63 Å². The van der Waals surface area contributed by atoms with Crippen molar-refractivity contribution >= 4 is 5.91 Å². The first-order valence-electron chi connectivity index (χ1n) is 2.99. The quantitative estimate of drug-likeness (QED) is 0.505. The molecular weight excluding hydrogens is 120 g/mol. The zero-order valence-corrected chi connectivity index (χ0v) is 5.31. The predicted molar refractivity (Wildman–Crippen MR) is 31.6 cm³/mol. The molecule has 0 saturated carbocycles. The maximum Gasteiger partial charge on any atom is 0.263 e. The topological polar surface area (TPSA) is 50.4 Å². The van der Waals surface area contributed by atoms with E-state index in [4.69, 9.17) is 0 Å². The molecule has 1 heterocycles. The van der Waals surface area contributed by atoms with E-state index in [-0.39, 0.29) is 11.9 Å². The summed E-state index contributed by atoms with van der Waals surface area (Å²) in [7, 11) is 0. The van der Waals surface area contributed by atoms with Gasteiger partial charge >= 0.3 is 0 Å². The maximum atomic E-state index is 10.7. The van der Waals surface area contributed by atoms with Crippen molar-refractivity contribution < 1.29 is 9.63 Å². The van der Waals surface area contributed by atoms with Crippen LogP contribution in [0.5, 0.6) is 0 Å². The van der Waals surface area contributed by atoms with E-state index < -0.39 is 0 Å². The summed E-state index contributed by atoms with van der Waals surface area (Å²) in [5.74, 6) is -0.0724. The van der Waals surface area contributed by atoms with Gasteiger partial charge in [-0.05, 0) is 6.54 Å². The second-order valence-corrected chi connectivity index (χ2v) is 1.89. The smallest absolute Gasteiger partial charge is 0.263 e. The van der Waals surface area contributed by atoms with Crippen LogP contribution in [0.15, 0.2) is 0 Å². The molecule has 0 aromatic rings. The summed E-state index contributed by atoms with van der Waals surface area (Å²) in [5.41, 5.74) is 2.25. The number of hydrogen-bond donors (Lipinski definition) is 2. The van der Waals surface area contributed by atoms with E-state index in [1.54, 1.807) is 0 Å². The van der Waals surface area contributed by atoms with Crippen LogP contribution >= 0.6 is 0 Å². The fourth-order valence-electron chi connectivity index (χ4n) is 0.741. The Hall–Kier alpha value is -0.610. The van der Waals surface area contributed by atoms with Crippen LogP contribution in [-0.4, -0.2) is 25.1 Å². The number of nitrogens with one attached hydrogen (secondary N) is 2. The van der Waals surface area contributed by atoms with Gasteiger partial charge in [0.25, 0.3) is 5.91 Å². The molecular formula is C5H10N2O2. The minimum absolute atomic E-state index is 0.0724. The molecule has 0 aromatic carbocycles. The molecule has 4 heteroatoms. The molecule has 2 N–H and O–H groups in total. The van der Waals surface area contributed by atoms with Crippen molar-refractivity contribution in [2.24, 2.45) is 0 Å². The Morgan fingerprint density at radius 3 is 3.22 bits per heavy atom. The van der Waals surface area contributed by atoms with Crippen LogP contribution in [0.25, 0.3) is 0 Å². The van der Waals surface area contributed by atoms with Crippen LogP contribution < -0.4 is 10.8 Å². The molecule has 1 fully saturated rings. The highest BCUT2D eigenvalue weighted by atomic mass is 16.7. The first-order valence-corrected chi connectivity index (χ1v) is 2.99. The van der Waals surface area contributed by atoms with Crippen LogP contribution in [0.1, 0.15) is 6.92 Å². The zero-order chi connectivity index (χ0) is 6.69. The van der Waals surface area contributed by atoms with Crippen LogP contribution in [-0.2, 0) is 9.63 Å². The number of hydrogen-bond acceptors (Lipinski definition) is 3. The maximum absolute atomic E-state index is 10.7. The molecule has 1 rings (SSSR count). The predicted octanol–water partition coefficient (Wildman–Crippen LogP) is -0.974. The molecule has 0 aromatic heterocycles. The van der Waals surface area contributed by atoms with Gasteiger partial charge in [-0.1, -0.05) is 6.92 Å². The van der Waals surface area contributed by atoms with Gasteiger partial charge < -0.3 is 5.32 Å². The molecule has 4 nitrogen and oxygen atoms in total. The first-order chi connectivity index (χ1) is 4.34. The molecule has 1 saturated heterocycles. The Bertz CT molecular complexity index is 116. The molecule has 0 bridgehead atoms. The first kappa shape index (κ1) is 6.51. The molecule has 52 valence electrons. The lowest BCUT2D eigenvalue weighted by Gasteiger charge is -2.02. The van der Waals surface area contributed by atoms with Crippen molar-refractivity contribution in [3.63, 3.8) is 0 Å². The molecule has 1 aliphatic rings. The van der Waals surface area contributed by atoms with Crippen molar-refractivity contribution in [1.29, 1.82) is 0 Å². The zero-order valence-electron chi connectivity index (χ0n) is 5.31. The number of hydroxylamine groups is 1. The van der Waals surface area contributed by atoms with E-state index in [1.807, 2.05) is 6.92 Å². The second-order valence-electron chi connectivity index (χ2n) is 1.89. The number of likely N-dealkylation sites (N-methyl/N-ethyl adjacent to an activating group) is 1. The average molecular weight is 130 g/mol. The lowest BCUT2D eigenvalue weighted by molar-refractivity contribution is -0.125. The van der Waals surface area contributed by atoms with Gasteiger partial charge in [-0.25, -0.2) is 5.48 Å². The molecule has 0 aliphatic carbocycles. The second kappa shape index (κ2) is 2.80. The highest BCUT2D eigenvalue weighted by molar-refractivity contribution is 5.82.